The van der Waals surface area contributed by atoms with Crippen LogP contribution in [0.3, 0.4) is 0 Å². The van der Waals surface area contributed by atoms with Crippen LogP contribution in [0, 0.1) is 12.8 Å². The van der Waals surface area contributed by atoms with E-state index in [0.717, 1.165) is 0 Å². The van der Waals surface area contributed by atoms with E-state index in [1.165, 1.54) is 0 Å². The molecule has 0 aliphatic rings. The summed E-state index contributed by atoms with van der Waals surface area (Å²) < 4.78 is 5.14. The van der Waals surface area contributed by atoms with Crippen LogP contribution in [0.25, 0.3) is 0 Å². The fourth-order valence-corrected chi connectivity index (χ4v) is 1.64. The first-order valence-corrected chi connectivity index (χ1v) is 5.91. The Bertz CT molecular complexity index is 419. The SMILES string of the molecule is COCC(Nc1cc(C(=O)O)cc(C)n1)C(C)C. The van der Waals surface area contributed by atoms with Gasteiger partial charge in [-0.3, -0.25) is 0 Å². The molecule has 0 saturated heterocycles. The van der Waals surface area contributed by atoms with Crippen LogP contribution < -0.4 is 5.32 Å². The molecule has 100 valence electrons. The number of carbonyl (C=O) groups is 1. The normalized spacial score (nSPS) is 12.5. The minimum Gasteiger partial charge on any atom is -0.478 e. The van der Waals surface area contributed by atoms with Crippen molar-refractivity contribution in [3.8, 4) is 0 Å². The molecule has 1 heterocycles. The van der Waals surface area contributed by atoms with Crippen molar-refractivity contribution < 1.29 is 14.6 Å². The van der Waals surface area contributed by atoms with Crippen LogP contribution in [0.4, 0.5) is 5.82 Å². The Morgan fingerprint density at radius 1 is 1.50 bits per heavy atom. The smallest absolute Gasteiger partial charge is 0.335 e. The second-order valence-corrected chi connectivity index (χ2v) is 4.64. The summed E-state index contributed by atoms with van der Waals surface area (Å²) in [6.45, 7) is 6.48. The minimum atomic E-state index is -0.948. The highest BCUT2D eigenvalue weighted by atomic mass is 16.5. The Kier molecular flexibility index (Phi) is 5.09. The Morgan fingerprint density at radius 3 is 2.67 bits per heavy atom. The zero-order chi connectivity index (χ0) is 13.7. The zero-order valence-corrected chi connectivity index (χ0v) is 11.2. The molecule has 0 bridgehead atoms. The number of hydrogen-bond acceptors (Lipinski definition) is 4. The van der Waals surface area contributed by atoms with Crippen LogP contribution in [0.15, 0.2) is 12.1 Å². The Labute approximate surface area is 107 Å². The standard InChI is InChI=1S/C13H20N2O3/c1-8(2)11(7-18-4)15-12-6-10(13(16)17)5-9(3)14-12/h5-6,8,11H,7H2,1-4H3,(H,14,15)(H,16,17). The monoisotopic (exact) mass is 252 g/mol. The molecule has 0 radical (unpaired) electrons. The maximum absolute atomic E-state index is 11.0. The van der Waals surface area contributed by atoms with E-state index >= 15 is 0 Å². The van der Waals surface area contributed by atoms with Gasteiger partial charge in [0.2, 0.25) is 0 Å². The molecule has 0 amide bonds. The summed E-state index contributed by atoms with van der Waals surface area (Å²) >= 11 is 0. The van der Waals surface area contributed by atoms with E-state index in [-0.39, 0.29) is 11.6 Å². The van der Waals surface area contributed by atoms with Gasteiger partial charge < -0.3 is 15.2 Å². The predicted molar refractivity (Wildman–Crippen MR) is 70.1 cm³/mol. The summed E-state index contributed by atoms with van der Waals surface area (Å²) in [4.78, 5) is 15.3. The Balaban J connectivity index is 2.91. The highest BCUT2D eigenvalue weighted by molar-refractivity contribution is 5.88. The Morgan fingerprint density at radius 2 is 2.17 bits per heavy atom. The number of hydrogen-bond donors (Lipinski definition) is 2. The number of nitrogens with zero attached hydrogens (tertiary/aromatic N) is 1. The molecule has 0 spiro atoms. The number of ether oxygens (including phenoxy) is 1. The number of carboxylic acids is 1. The van der Waals surface area contributed by atoms with Crippen LogP contribution in [0.1, 0.15) is 29.9 Å². The number of rotatable bonds is 6. The molecule has 5 nitrogen and oxygen atoms in total. The number of methoxy groups -OCH3 is 1. The number of aromatic carboxylic acids is 1. The first kappa shape index (κ1) is 14.4. The van der Waals surface area contributed by atoms with Crippen molar-refractivity contribution in [1.29, 1.82) is 0 Å². The van der Waals surface area contributed by atoms with Crippen molar-refractivity contribution in [3.05, 3.63) is 23.4 Å². The van der Waals surface area contributed by atoms with Gasteiger partial charge in [-0.2, -0.15) is 0 Å². The van der Waals surface area contributed by atoms with Crippen LogP contribution in [-0.4, -0.2) is 35.8 Å². The lowest BCUT2D eigenvalue weighted by molar-refractivity contribution is 0.0696. The zero-order valence-electron chi connectivity index (χ0n) is 11.2. The predicted octanol–water partition coefficient (Wildman–Crippen LogP) is 2.17. The van der Waals surface area contributed by atoms with Gasteiger partial charge in [-0.1, -0.05) is 13.8 Å². The topological polar surface area (TPSA) is 71.5 Å². The van der Waals surface area contributed by atoms with Crippen molar-refractivity contribution in [2.75, 3.05) is 19.0 Å². The molecule has 1 unspecified atom stereocenters. The number of aryl methyl sites for hydroxylation is 1. The lowest BCUT2D eigenvalue weighted by atomic mass is 10.1. The molecule has 1 atom stereocenters. The van der Waals surface area contributed by atoms with E-state index in [2.05, 4.69) is 24.1 Å². The van der Waals surface area contributed by atoms with E-state index in [1.807, 2.05) is 0 Å². The lowest BCUT2D eigenvalue weighted by Crippen LogP contribution is -2.31. The number of nitrogens with one attached hydrogen (secondary N) is 1. The molecule has 0 aliphatic carbocycles. The summed E-state index contributed by atoms with van der Waals surface area (Å²) in [7, 11) is 1.64. The van der Waals surface area contributed by atoms with Gasteiger partial charge in [-0.15, -0.1) is 0 Å². The van der Waals surface area contributed by atoms with Gasteiger partial charge >= 0.3 is 5.97 Å². The first-order chi connectivity index (χ1) is 8.43. The quantitative estimate of drug-likeness (QED) is 0.812. The largest absolute Gasteiger partial charge is 0.478 e. The van der Waals surface area contributed by atoms with Gasteiger partial charge in [0, 0.05) is 12.8 Å². The van der Waals surface area contributed by atoms with Gasteiger partial charge in [0.15, 0.2) is 0 Å². The van der Waals surface area contributed by atoms with Gasteiger partial charge in [0.1, 0.15) is 5.82 Å². The molecule has 1 aromatic rings. The Hall–Kier alpha value is -1.62. The van der Waals surface area contributed by atoms with Crippen LogP contribution in [-0.2, 0) is 4.74 Å². The summed E-state index contributed by atoms with van der Waals surface area (Å²) in [6, 6.07) is 3.19. The van der Waals surface area contributed by atoms with Crippen LogP contribution in [0.5, 0.6) is 0 Å². The molecule has 18 heavy (non-hydrogen) atoms. The molecular formula is C13H20N2O3. The average molecular weight is 252 g/mol. The third-order valence-corrected chi connectivity index (χ3v) is 2.68. The van der Waals surface area contributed by atoms with Gasteiger partial charge in [0.05, 0.1) is 18.2 Å². The molecule has 0 aromatic carbocycles. The van der Waals surface area contributed by atoms with Crippen LogP contribution in [0.2, 0.25) is 0 Å². The van der Waals surface area contributed by atoms with E-state index in [0.29, 0.717) is 24.0 Å². The highest BCUT2D eigenvalue weighted by Crippen LogP contribution is 2.14. The van der Waals surface area contributed by atoms with Crippen molar-refractivity contribution in [3.63, 3.8) is 0 Å². The maximum atomic E-state index is 11.0. The van der Waals surface area contributed by atoms with E-state index in [1.54, 1.807) is 26.2 Å². The number of anilines is 1. The summed E-state index contributed by atoms with van der Waals surface area (Å²) in [5, 5.41) is 12.2. The number of pyridine rings is 1. The first-order valence-electron chi connectivity index (χ1n) is 5.91. The fraction of sp³-hybridized carbons (Fsp3) is 0.538. The maximum Gasteiger partial charge on any atom is 0.335 e. The lowest BCUT2D eigenvalue weighted by Gasteiger charge is -2.22. The van der Waals surface area contributed by atoms with Crippen LogP contribution >= 0.6 is 0 Å². The van der Waals surface area contributed by atoms with Gasteiger partial charge in [0.25, 0.3) is 0 Å². The molecule has 1 rings (SSSR count). The van der Waals surface area contributed by atoms with Crippen molar-refractivity contribution >= 4 is 11.8 Å². The van der Waals surface area contributed by atoms with Crippen molar-refractivity contribution in [2.45, 2.75) is 26.8 Å². The van der Waals surface area contributed by atoms with E-state index in [9.17, 15) is 4.79 Å². The second-order valence-electron chi connectivity index (χ2n) is 4.64. The van der Waals surface area contributed by atoms with Crippen molar-refractivity contribution in [1.82, 2.24) is 4.98 Å². The molecule has 0 aliphatic heterocycles. The number of aromatic nitrogens is 1. The molecular weight excluding hydrogens is 232 g/mol. The average Bonchev–Trinajstić information content (AvgIpc) is 2.27. The molecule has 2 N–H and O–H groups in total. The fourth-order valence-electron chi connectivity index (χ4n) is 1.64. The third-order valence-electron chi connectivity index (χ3n) is 2.68. The summed E-state index contributed by atoms with van der Waals surface area (Å²) in [6.07, 6.45) is 0. The summed E-state index contributed by atoms with van der Waals surface area (Å²) in [5.41, 5.74) is 0.919. The van der Waals surface area contributed by atoms with Gasteiger partial charge in [-0.05, 0) is 25.0 Å². The molecule has 0 saturated carbocycles. The minimum absolute atomic E-state index is 0.103. The second kappa shape index (κ2) is 6.35. The van der Waals surface area contributed by atoms with E-state index < -0.39 is 5.97 Å². The molecule has 5 heteroatoms. The third kappa shape index (κ3) is 4.00. The molecule has 0 fully saturated rings. The van der Waals surface area contributed by atoms with Crippen molar-refractivity contribution in [2.24, 2.45) is 5.92 Å². The molecule has 1 aromatic heterocycles. The summed E-state index contributed by atoms with van der Waals surface area (Å²) in [5.74, 6) is -0.0138. The number of carboxylic acid groups (broad SMARTS) is 1. The van der Waals surface area contributed by atoms with E-state index in [4.69, 9.17) is 9.84 Å². The van der Waals surface area contributed by atoms with Gasteiger partial charge in [-0.25, -0.2) is 9.78 Å². The highest BCUT2D eigenvalue weighted by Gasteiger charge is 2.15.